The topological polar surface area (TPSA) is 121 Å². The second-order valence-electron chi connectivity index (χ2n) is 5.73. The van der Waals surface area contributed by atoms with Gasteiger partial charge in [0.15, 0.2) is 5.78 Å². The van der Waals surface area contributed by atoms with Gasteiger partial charge in [0.2, 0.25) is 0 Å². The molecule has 0 aromatic carbocycles. The maximum atomic E-state index is 12.7. The molecule has 0 aliphatic carbocycles. The zero-order chi connectivity index (χ0) is 21.6. The molecule has 0 aliphatic heterocycles. The fourth-order valence-corrected chi connectivity index (χ4v) is 3.36. The Hall–Kier alpha value is -2.88. The van der Waals surface area contributed by atoms with Crippen molar-refractivity contribution in [2.75, 3.05) is 32.3 Å². The summed E-state index contributed by atoms with van der Waals surface area (Å²) in [6.45, 7) is 3.42. The van der Waals surface area contributed by atoms with Crippen molar-refractivity contribution in [3.63, 3.8) is 0 Å². The third-order valence-corrected chi connectivity index (χ3v) is 4.88. The highest BCUT2D eigenvalue weighted by Gasteiger charge is 2.27. The molecule has 9 nitrogen and oxygen atoms in total. The van der Waals surface area contributed by atoms with Gasteiger partial charge in [0, 0.05) is 35.4 Å². The maximum Gasteiger partial charge on any atom is 0.408 e. The second-order valence-corrected chi connectivity index (χ2v) is 6.80. The minimum absolute atomic E-state index is 0.00626. The summed E-state index contributed by atoms with van der Waals surface area (Å²) in [5.74, 6) is -1.78. The largest absolute Gasteiger partial charge is 0.469 e. The van der Waals surface area contributed by atoms with E-state index in [1.165, 1.54) is 38.3 Å². The molecule has 2 unspecified atom stereocenters. The van der Waals surface area contributed by atoms with E-state index >= 15 is 0 Å². The van der Waals surface area contributed by atoms with E-state index in [1.807, 2.05) is 0 Å². The average molecular weight is 424 g/mol. The van der Waals surface area contributed by atoms with Gasteiger partial charge in [-0.2, -0.15) is 11.8 Å². The van der Waals surface area contributed by atoms with E-state index in [9.17, 15) is 19.2 Å². The highest BCUT2D eigenvalue weighted by atomic mass is 32.2. The molecular weight excluding hydrogens is 400 g/mol. The molecule has 0 saturated heterocycles. The minimum atomic E-state index is -0.977. The first-order chi connectivity index (χ1) is 13.9. The number of carbonyl (C=O) groups is 4. The van der Waals surface area contributed by atoms with Crippen LogP contribution in [0.1, 0.15) is 16.8 Å². The number of esters is 2. The van der Waals surface area contributed by atoms with Crippen molar-refractivity contribution in [1.29, 1.82) is 0 Å². The number of aromatic nitrogens is 1. The van der Waals surface area contributed by atoms with Crippen LogP contribution in [0.4, 0.5) is 4.79 Å². The van der Waals surface area contributed by atoms with Crippen molar-refractivity contribution in [3.8, 4) is 0 Å². The van der Waals surface area contributed by atoms with Crippen molar-refractivity contribution in [1.82, 2.24) is 10.3 Å². The molecule has 0 saturated carbocycles. The molecule has 1 aromatic rings. The van der Waals surface area contributed by atoms with Gasteiger partial charge in [0.25, 0.3) is 0 Å². The number of amides is 1. The number of hydrogen-bond donors (Lipinski definition) is 1. The van der Waals surface area contributed by atoms with Crippen LogP contribution in [0.15, 0.2) is 37.2 Å². The van der Waals surface area contributed by atoms with Crippen LogP contribution in [-0.2, 0) is 23.8 Å². The molecule has 0 bridgehead atoms. The number of alkyl carbamates (subject to hydrolysis) is 1. The Morgan fingerprint density at radius 3 is 2.59 bits per heavy atom. The summed E-state index contributed by atoms with van der Waals surface area (Å²) in [4.78, 5) is 51.9. The lowest BCUT2D eigenvalue weighted by Crippen LogP contribution is -2.43. The molecule has 10 heteroatoms. The molecule has 0 fully saturated rings. The van der Waals surface area contributed by atoms with Crippen molar-refractivity contribution < 1.29 is 33.4 Å². The van der Waals surface area contributed by atoms with Crippen molar-refractivity contribution in [2.45, 2.75) is 12.5 Å². The Kier molecular flexibility index (Phi) is 11.1. The molecule has 1 rings (SSSR count). The molecule has 1 amide bonds. The number of ether oxygens (including phenoxy) is 3. The summed E-state index contributed by atoms with van der Waals surface area (Å²) in [7, 11) is 2.44. The quantitative estimate of drug-likeness (QED) is 0.231. The third-order valence-electron chi connectivity index (χ3n) is 3.67. The fraction of sp³-hybridized carbons (Fsp3) is 0.421. The summed E-state index contributed by atoms with van der Waals surface area (Å²) in [5, 5.41) is 2.40. The Bertz CT molecular complexity index is 712. The predicted octanol–water partition coefficient (Wildman–Crippen LogP) is 1.63. The van der Waals surface area contributed by atoms with E-state index in [1.54, 1.807) is 18.3 Å². The summed E-state index contributed by atoms with van der Waals surface area (Å²) < 4.78 is 14.1. The van der Waals surface area contributed by atoms with E-state index in [0.29, 0.717) is 5.56 Å². The SMILES string of the molecule is C=CCOC(=O)NC(CSCC(CC(=O)OC)C(=O)c1cccnc1)C(=O)OC. The Morgan fingerprint density at radius 1 is 1.24 bits per heavy atom. The normalized spacial score (nSPS) is 12.2. The Balaban J connectivity index is 2.75. The van der Waals surface area contributed by atoms with E-state index in [2.05, 4.69) is 26.4 Å². The molecule has 0 aliphatic rings. The number of rotatable bonds is 12. The Labute approximate surface area is 173 Å². The molecule has 158 valence electrons. The molecule has 2 atom stereocenters. The van der Waals surface area contributed by atoms with Gasteiger partial charge in [-0.05, 0) is 12.1 Å². The molecule has 29 heavy (non-hydrogen) atoms. The second kappa shape index (κ2) is 13.3. The fourth-order valence-electron chi connectivity index (χ4n) is 2.21. The van der Waals surface area contributed by atoms with Crippen LogP contribution >= 0.6 is 11.8 Å². The van der Waals surface area contributed by atoms with Gasteiger partial charge in [-0.25, -0.2) is 9.59 Å². The van der Waals surface area contributed by atoms with Gasteiger partial charge in [-0.1, -0.05) is 12.7 Å². The standard InChI is InChI=1S/C19H24N2O7S/c1-4-8-28-19(25)21-15(18(24)27-3)12-29-11-14(9-16(22)26-2)17(23)13-6-5-7-20-10-13/h4-7,10,14-15H,1,8-9,11-12H2,2-3H3,(H,21,25). The van der Waals surface area contributed by atoms with E-state index in [0.717, 1.165) is 0 Å². The van der Waals surface area contributed by atoms with E-state index < -0.39 is 30.0 Å². The lowest BCUT2D eigenvalue weighted by molar-refractivity contribution is -0.142. The van der Waals surface area contributed by atoms with Crippen molar-refractivity contribution in [3.05, 3.63) is 42.7 Å². The van der Waals surface area contributed by atoms with Crippen LogP contribution in [-0.4, -0.2) is 67.2 Å². The number of nitrogens with zero attached hydrogens (tertiary/aromatic N) is 1. The van der Waals surface area contributed by atoms with Crippen molar-refractivity contribution >= 4 is 35.6 Å². The number of ketones is 1. The van der Waals surface area contributed by atoms with Gasteiger partial charge < -0.3 is 19.5 Å². The number of thioether (sulfide) groups is 1. The van der Waals surface area contributed by atoms with Crippen molar-refractivity contribution in [2.24, 2.45) is 5.92 Å². The molecular formula is C19H24N2O7S. The van der Waals surface area contributed by atoms with Crippen LogP contribution in [0.25, 0.3) is 0 Å². The predicted molar refractivity (Wildman–Crippen MR) is 107 cm³/mol. The van der Waals surface area contributed by atoms with Gasteiger partial charge in [0.1, 0.15) is 12.6 Å². The minimum Gasteiger partial charge on any atom is -0.469 e. The summed E-state index contributed by atoms with van der Waals surface area (Å²) in [5.41, 5.74) is 0.373. The first kappa shape index (κ1) is 24.2. The Morgan fingerprint density at radius 2 is 2.00 bits per heavy atom. The first-order valence-electron chi connectivity index (χ1n) is 8.63. The number of carbonyl (C=O) groups excluding carboxylic acids is 4. The smallest absolute Gasteiger partial charge is 0.408 e. The van der Waals surface area contributed by atoms with Gasteiger partial charge in [-0.15, -0.1) is 0 Å². The molecule has 0 radical (unpaired) electrons. The zero-order valence-electron chi connectivity index (χ0n) is 16.3. The number of methoxy groups -OCH3 is 2. The molecule has 1 N–H and O–H groups in total. The van der Waals surface area contributed by atoms with Crippen LogP contribution in [0, 0.1) is 5.92 Å². The van der Waals surface area contributed by atoms with Gasteiger partial charge >= 0.3 is 18.0 Å². The average Bonchev–Trinajstić information content (AvgIpc) is 2.75. The molecule has 1 heterocycles. The van der Waals surface area contributed by atoms with Crippen LogP contribution in [0.3, 0.4) is 0 Å². The van der Waals surface area contributed by atoms with Crippen LogP contribution in [0.5, 0.6) is 0 Å². The molecule has 0 spiro atoms. The summed E-state index contributed by atoms with van der Waals surface area (Å²) in [6, 6.07) is 2.26. The highest BCUT2D eigenvalue weighted by Crippen LogP contribution is 2.19. The number of pyridine rings is 1. The lowest BCUT2D eigenvalue weighted by Gasteiger charge is -2.18. The monoisotopic (exact) mass is 424 g/mol. The maximum absolute atomic E-state index is 12.7. The molecule has 1 aromatic heterocycles. The summed E-state index contributed by atoms with van der Waals surface area (Å²) >= 11 is 1.21. The lowest BCUT2D eigenvalue weighted by atomic mass is 9.97. The first-order valence-corrected chi connectivity index (χ1v) is 9.79. The van der Waals surface area contributed by atoms with E-state index in [4.69, 9.17) is 4.74 Å². The number of nitrogens with one attached hydrogen (secondary N) is 1. The number of hydrogen-bond acceptors (Lipinski definition) is 9. The van der Waals surface area contributed by atoms with Crippen LogP contribution in [0.2, 0.25) is 0 Å². The van der Waals surface area contributed by atoms with E-state index in [-0.39, 0.29) is 30.3 Å². The van der Waals surface area contributed by atoms with Gasteiger partial charge in [0.05, 0.1) is 20.6 Å². The highest BCUT2D eigenvalue weighted by molar-refractivity contribution is 7.99. The summed E-state index contributed by atoms with van der Waals surface area (Å²) in [6.07, 6.45) is 3.45. The van der Waals surface area contributed by atoms with Gasteiger partial charge in [-0.3, -0.25) is 14.6 Å². The van der Waals surface area contributed by atoms with Crippen LogP contribution < -0.4 is 5.32 Å². The number of Topliss-reactive ketones (excluding diaryl/α,β-unsaturated/α-hetero) is 1. The third kappa shape index (κ3) is 8.77. The zero-order valence-corrected chi connectivity index (χ0v) is 17.1.